The van der Waals surface area contributed by atoms with Crippen molar-refractivity contribution in [2.75, 3.05) is 5.75 Å². The fourth-order valence-electron chi connectivity index (χ4n) is 5.92. The first-order valence-electron chi connectivity index (χ1n) is 11.7. The number of benzene rings is 1. The monoisotopic (exact) mass is 448 g/mol. The van der Waals surface area contributed by atoms with Gasteiger partial charge in [0, 0.05) is 16.9 Å². The van der Waals surface area contributed by atoms with Crippen LogP contribution in [0.5, 0.6) is 0 Å². The zero-order valence-corrected chi connectivity index (χ0v) is 20.0. The molecule has 1 fully saturated rings. The Morgan fingerprint density at radius 3 is 2.97 bits per heavy atom. The number of hydrazone groups is 1. The summed E-state index contributed by atoms with van der Waals surface area (Å²) in [5.41, 5.74) is 2.56. The third-order valence-electron chi connectivity index (χ3n) is 7.65. The lowest BCUT2D eigenvalue weighted by molar-refractivity contribution is -0.116. The van der Waals surface area contributed by atoms with Crippen molar-refractivity contribution in [3.8, 4) is 0 Å². The number of allylic oxidation sites excluding steroid dienone is 2. The Balaban J connectivity index is 1.59. The van der Waals surface area contributed by atoms with Crippen molar-refractivity contribution in [2.45, 2.75) is 52.6 Å². The van der Waals surface area contributed by atoms with Crippen molar-refractivity contribution >= 4 is 28.5 Å². The molecule has 168 valence electrons. The quantitative estimate of drug-likeness (QED) is 0.716. The van der Waals surface area contributed by atoms with Crippen LogP contribution in [0.2, 0.25) is 0 Å². The summed E-state index contributed by atoms with van der Waals surface area (Å²) in [6.07, 6.45) is 8.78. The smallest absolute Gasteiger partial charge is 0.276 e. The Labute approximate surface area is 194 Å². The van der Waals surface area contributed by atoms with E-state index in [-0.39, 0.29) is 12.1 Å². The summed E-state index contributed by atoms with van der Waals surface area (Å²) >= 11 is 1.50. The van der Waals surface area contributed by atoms with Crippen LogP contribution in [0, 0.1) is 23.2 Å². The van der Waals surface area contributed by atoms with E-state index in [0.717, 1.165) is 23.4 Å². The standard InChI is InChI=1S/C26H32N4OS/c1-5-13-32-25-28-24(31)22-18-10-6-7-11-21(18)27-23(30(22)29-25)19-15-20-17(14-16(19)2)9-8-12-26(20,3)4/h5-7,9-11,16,19-20,23H,1,8,12-15H2,2-4H3,(H,28,29,31). The van der Waals surface area contributed by atoms with Crippen molar-refractivity contribution in [1.29, 1.82) is 0 Å². The first-order valence-corrected chi connectivity index (χ1v) is 12.7. The van der Waals surface area contributed by atoms with E-state index in [2.05, 4.69) is 38.7 Å². The lowest BCUT2D eigenvalue weighted by atomic mass is 9.58. The number of hydrogen-bond donors (Lipinski definition) is 1. The molecule has 6 heteroatoms. The van der Waals surface area contributed by atoms with Gasteiger partial charge in [-0.1, -0.05) is 68.5 Å². The van der Waals surface area contributed by atoms with Gasteiger partial charge in [-0.2, -0.15) is 0 Å². The van der Waals surface area contributed by atoms with Crippen molar-refractivity contribution in [1.82, 2.24) is 10.3 Å². The number of hydrogen-bond acceptors (Lipinski definition) is 5. The molecule has 1 saturated carbocycles. The summed E-state index contributed by atoms with van der Waals surface area (Å²) in [6, 6.07) is 7.96. The van der Waals surface area contributed by atoms with Crippen molar-refractivity contribution in [3.63, 3.8) is 0 Å². The molecule has 2 aliphatic carbocycles. The number of carbonyl (C=O) groups excluding carboxylic acids is 1. The molecule has 4 atom stereocenters. The molecule has 0 radical (unpaired) electrons. The van der Waals surface area contributed by atoms with Gasteiger partial charge in [0.05, 0.1) is 5.36 Å². The molecule has 1 aromatic rings. The van der Waals surface area contributed by atoms with Crippen molar-refractivity contribution < 1.29 is 4.79 Å². The van der Waals surface area contributed by atoms with Gasteiger partial charge >= 0.3 is 0 Å². The Morgan fingerprint density at radius 1 is 1.34 bits per heavy atom. The van der Waals surface area contributed by atoms with E-state index in [1.165, 1.54) is 24.6 Å². The molecule has 4 aliphatic rings. The number of amidine groups is 1. The normalized spacial score (nSPS) is 30.7. The van der Waals surface area contributed by atoms with Crippen LogP contribution in [-0.4, -0.2) is 28.0 Å². The van der Waals surface area contributed by atoms with E-state index in [1.54, 1.807) is 5.57 Å². The first kappa shape index (κ1) is 21.5. The molecule has 0 bridgehead atoms. The van der Waals surface area contributed by atoms with Gasteiger partial charge in [0.1, 0.15) is 11.9 Å². The van der Waals surface area contributed by atoms with Gasteiger partial charge in [0.2, 0.25) is 0 Å². The van der Waals surface area contributed by atoms with Crippen LogP contribution < -0.4 is 15.9 Å². The number of carbonyl (C=O) groups is 1. The van der Waals surface area contributed by atoms with Gasteiger partial charge in [-0.15, -0.1) is 11.7 Å². The predicted molar refractivity (Wildman–Crippen MR) is 131 cm³/mol. The Hall–Kier alpha value is -2.34. The summed E-state index contributed by atoms with van der Waals surface area (Å²) in [4.78, 5) is 18.5. The van der Waals surface area contributed by atoms with E-state index >= 15 is 0 Å². The topological polar surface area (TPSA) is 57.1 Å². The van der Waals surface area contributed by atoms with Crippen LogP contribution in [0.4, 0.5) is 0 Å². The average Bonchev–Trinajstić information content (AvgIpc) is 2.76. The molecule has 0 saturated heterocycles. The van der Waals surface area contributed by atoms with Crippen LogP contribution in [0.1, 0.15) is 46.5 Å². The van der Waals surface area contributed by atoms with Gasteiger partial charge in [-0.05, 0) is 49.0 Å². The number of amides is 1. The molecule has 5 nitrogen and oxygen atoms in total. The highest BCUT2D eigenvalue weighted by Crippen LogP contribution is 2.52. The lowest BCUT2D eigenvalue weighted by Gasteiger charge is -2.49. The molecule has 0 spiro atoms. The second kappa shape index (κ2) is 8.22. The number of rotatable bonds is 3. The van der Waals surface area contributed by atoms with Crippen LogP contribution in [-0.2, 0) is 4.79 Å². The maximum atomic E-state index is 13.2. The molecule has 2 aliphatic heterocycles. The number of nitrogens with zero attached hydrogens (tertiary/aromatic N) is 3. The minimum atomic E-state index is -0.167. The van der Waals surface area contributed by atoms with Crippen LogP contribution in [0.3, 0.4) is 0 Å². The third-order valence-corrected chi connectivity index (χ3v) is 8.51. The summed E-state index contributed by atoms with van der Waals surface area (Å²) < 4.78 is 0. The second-order valence-corrected chi connectivity index (χ2v) is 11.2. The maximum absolute atomic E-state index is 13.2. The largest absolute Gasteiger partial charge is 0.298 e. The third kappa shape index (κ3) is 3.62. The molecule has 1 N–H and O–H groups in total. The molecule has 0 aromatic heterocycles. The van der Waals surface area contributed by atoms with Gasteiger partial charge in [0.25, 0.3) is 5.91 Å². The Kier molecular flexibility index (Phi) is 5.52. The van der Waals surface area contributed by atoms with E-state index in [1.807, 2.05) is 35.4 Å². The number of nitrogens with one attached hydrogen (secondary N) is 1. The average molecular weight is 449 g/mol. The van der Waals surface area contributed by atoms with Crippen molar-refractivity contribution in [2.24, 2.45) is 33.3 Å². The molecule has 2 heterocycles. The van der Waals surface area contributed by atoms with Crippen LogP contribution in [0.25, 0.3) is 5.70 Å². The lowest BCUT2D eigenvalue weighted by Crippen LogP contribution is -2.56. The Morgan fingerprint density at radius 2 is 2.16 bits per heavy atom. The highest BCUT2D eigenvalue weighted by atomic mass is 32.2. The van der Waals surface area contributed by atoms with E-state index in [0.29, 0.717) is 39.8 Å². The summed E-state index contributed by atoms with van der Waals surface area (Å²) in [5.74, 6) is 1.99. The van der Waals surface area contributed by atoms with Crippen LogP contribution >= 0.6 is 11.8 Å². The minimum Gasteiger partial charge on any atom is -0.298 e. The number of fused-ring (bicyclic) bond motifs is 3. The minimum absolute atomic E-state index is 0.0963. The molecular weight excluding hydrogens is 416 g/mol. The SMILES string of the molecule is C=CCSC1=NN2C(=c3ccccc3=NC2C2CC3C(=CCCC3(C)C)CC2C)C(=O)N1. The van der Waals surface area contributed by atoms with Gasteiger partial charge < -0.3 is 0 Å². The van der Waals surface area contributed by atoms with Gasteiger partial charge in [0.15, 0.2) is 5.17 Å². The summed E-state index contributed by atoms with van der Waals surface area (Å²) in [5, 5.41) is 12.2. The molecular formula is C26H32N4OS. The van der Waals surface area contributed by atoms with E-state index in [4.69, 9.17) is 10.1 Å². The first-order chi connectivity index (χ1) is 15.4. The summed E-state index contributed by atoms with van der Waals surface area (Å²) in [7, 11) is 0. The highest BCUT2D eigenvalue weighted by Gasteiger charge is 2.46. The predicted octanol–water partition coefficient (Wildman–Crippen LogP) is 3.78. The maximum Gasteiger partial charge on any atom is 0.276 e. The molecule has 5 rings (SSSR count). The number of thioether (sulfide) groups is 1. The fourth-order valence-corrected chi connectivity index (χ4v) is 6.51. The van der Waals surface area contributed by atoms with Gasteiger partial charge in [-0.25, -0.2) is 5.01 Å². The van der Waals surface area contributed by atoms with E-state index < -0.39 is 0 Å². The molecule has 1 aromatic carbocycles. The zero-order valence-electron chi connectivity index (χ0n) is 19.2. The van der Waals surface area contributed by atoms with Crippen LogP contribution in [0.15, 0.2) is 58.7 Å². The fraction of sp³-hybridized carbons (Fsp3) is 0.500. The van der Waals surface area contributed by atoms with E-state index in [9.17, 15) is 4.79 Å². The Bertz CT molecular complexity index is 1130. The zero-order chi connectivity index (χ0) is 22.5. The molecule has 32 heavy (non-hydrogen) atoms. The second-order valence-electron chi connectivity index (χ2n) is 10.2. The van der Waals surface area contributed by atoms with Crippen molar-refractivity contribution in [3.05, 3.63) is 59.1 Å². The number of para-hydroxylation sites is 1. The van der Waals surface area contributed by atoms with Gasteiger partial charge in [-0.3, -0.25) is 15.1 Å². The molecule has 4 unspecified atom stereocenters. The molecule has 1 amide bonds. The summed E-state index contributed by atoms with van der Waals surface area (Å²) in [6.45, 7) is 11.0. The highest BCUT2D eigenvalue weighted by molar-refractivity contribution is 8.14.